The van der Waals surface area contributed by atoms with Gasteiger partial charge in [0.1, 0.15) is 17.3 Å². The summed E-state index contributed by atoms with van der Waals surface area (Å²) in [6, 6.07) is 3.75. The van der Waals surface area contributed by atoms with Gasteiger partial charge in [-0.15, -0.1) is 0 Å². The van der Waals surface area contributed by atoms with Crippen LogP contribution in [0.25, 0.3) is 0 Å². The van der Waals surface area contributed by atoms with Gasteiger partial charge in [-0.25, -0.2) is 9.13 Å². The molecular formula is C32H54O9P2. The molecule has 1 aromatic rings. The van der Waals surface area contributed by atoms with E-state index >= 15 is 0 Å². The second-order valence-corrected chi connectivity index (χ2v) is 16.0. The molecule has 0 heterocycles. The van der Waals surface area contributed by atoms with E-state index in [1.807, 2.05) is 12.1 Å². The van der Waals surface area contributed by atoms with E-state index in [2.05, 4.69) is 34.6 Å². The molecule has 0 spiro atoms. The molecule has 1 unspecified atom stereocenters. The van der Waals surface area contributed by atoms with Crippen LogP contribution in [-0.4, -0.2) is 32.2 Å². The summed E-state index contributed by atoms with van der Waals surface area (Å²) in [6.07, 6.45) is 6.32. The first-order valence-electron chi connectivity index (χ1n) is 16.1. The molecule has 0 N–H and O–H groups in total. The van der Waals surface area contributed by atoms with Crippen LogP contribution in [0.15, 0.2) is 12.1 Å². The molecule has 9 nitrogen and oxygen atoms in total. The molecule has 0 amide bonds. The van der Waals surface area contributed by atoms with Gasteiger partial charge in [-0.1, -0.05) is 60.3 Å². The lowest BCUT2D eigenvalue weighted by atomic mass is 9.44. The van der Waals surface area contributed by atoms with Crippen molar-refractivity contribution in [3.63, 3.8) is 0 Å². The predicted molar refractivity (Wildman–Crippen MR) is 169 cm³/mol. The number of Topliss-reactive ketones (excluding diaryl/α,β-unsaturated/α-hetero) is 1. The fourth-order valence-electron chi connectivity index (χ4n) is 6.69. The number of fused-ring (bicyclic) bond motifs is 2. The fourth-order valence-corrected chi connectivity index (χ4v) is 9.10. The van der Waals surface area contributed by atoms with Gasteiger partial charge >= 0.3 is 15.6 Å². The third-order valence-corrected chi connectivity index (χ3v) is 12.3. The maximum absolute atomic E-state index is 13.8. The Kier molecular flexibility index (Phi) is 12.6. The molecule has 4 rings (SSSR count). The summed E-state index contributed by atoms with van der Waals surface area (Å²) in [4.78, 5) is 13.3. The Labute approximate surface area is 259 Å². The number of carbonyl (C=O) groups is 1. The monoisotopic (exact) mass is 644 g/mol. The Morgan fingerprint density at radius 3 is 1.70 bits per heavy atom. The van der Waals surface area contributed by atoms with Gasteiger partial charge in [-0.05, 0) is 75.0 Å². The van der Waals surface area contributed by atoms with Crippen LogP contribution in [0.2, 0.25) is 0 Å². The summed E-state index contributed by atoms with van der Waals surface area (Å²) in [5, 5.41) is 0. The van der Waals surface area contributed by atoms with E-state index in [1.54, 1.807) is 27.7 Å². The van der Waals surface area contributed by atoms with Crippen molar-refractivity contribution in [2.45, 2.75) is 119 Å². The molecule has 0 aromatic heterocycles. The molecule has 3 aliphatic rings. The molecular weight excluding hydrogens is 590 g/mol. The normalized spacial score (nSPS) is 21.9. The maximum Gasteiger partial charge on any atom is 0.530 e. The van der Waals surface area contributed by atoms with Crippen LogP contribution < -0.4 is 9.05 Å². The predicted octanol–water partition coefficient (Wildman–Crippen LogP) is 9.77. The molecule has 0 aliphatic heterocycles. The standard InChI is InChI=1S/C32H54O9P2/c1-10-15-16-17-18-31(6,7)23-19-28(40-42(34,36-11-2)37-12-3)30(24-21-27(33)26-22-25(24)32(26,8)9)29(20-23)41-43(35,38-13-4)39-14-5/h19-20,24-26H,10-18,21-22H2,1-9H3/t24?,25-,26+/m0/s1. The van der Waals surface area contributed by atoms with Gasteiger partial charge in [0.05, 0.1) is 26.4 Å². The summed E-state index contributed by atoms with van der Waals surface area (Å²) in [7, 11) is -8.09. The Balaban J connectivity index is 2.28. The average molecular weight is 645 g/mol. The number of carbonyl (C=O) groups excluding carboxylic acids is 1. The van der Waals surface area contributed by atoms with Crippen molar-refractivity contribution in [2.24, 2.45) is 17.3 Å². The average Bonchev–Trinajstić information content (AvgIpc) is 2.90. The van der Waals surface area contributed by atoms with Crippen LogP contribution in [0, 0.1) is 17.3 Å². The summed E-state index contributed by atoms with van der Waals surface area (Å²) in [5.74, 6) is 0.471. The smallest absolute Gasteiger partial charge is 0.404 e. The maximum atomic E-state index is 13.8. The quantitative estimate of drug-likeness (QED) is 0.107. The fraction of sp³-hybridized carbons (Fsp3) is 0.781. The lowest BCUT2D eigenvalue weighted by Gasteiger charge is -2.59. The third kappa shape index (κ3) is 8.34. The van der Waals surface area contributed by atoms with Crippen molar-refractivity contribution >= 4 is 21.4 Å². The highest BCUT2D eigenvalue weighted by molar-refractivity contribution is 7.49. The van der Waals surface area contributed by atoms with E-state index in [0.29, 0.717) is 5.56 Å². The van der Waals surface area contributed by atoms with Crippen molar-refractivity contribution in [1.82, 2.24) is 0 Å². The lowest BCUT2D eigenvalue weighted by molar-refractivity contribution is -0.151. The topological polar surface area (TPSA) is 107 Å². The minimum Gasteiger partial charge on any atom is -0.404 e. The second kappa shape index (κ2) is 14.9. The van der Waals surface area contributed by atoms with E-state index in [0.717, 1.165) is 44.1 Å². The molecule has 1 aromatic carbocycles. The van der Waals surface area contributed by atoms with Gasteiger partial charge in [-0.3, -0.25) is 22.9 Å². The Morgan fingerprint density at radius 1 is 0.814 bits per heavy atom. The van der Waals surface area contributed by atoms with Crippen molar-refractivity contribution in [3.05, 3.63) is 23.3 Å². The molecule has 0 radical (unpaired) electrons. The van der Waals surface area contributed by atoms with E-state index < -0.39 is 15.6 Å². The SMILES string of the molecule is CCCCCCC(C)(C)c1cc(OP(=O)(OCC)OCC)c(C2CC(=O)[C@H]3C[C@@H]2C3(C)C)c(OP(=O)(OCC)OCC)c1. The number of unbranched alkanes of at least 4 members (excludes halogenated alkanes) is 3. The summed E-state index contributed by atoms with van der Waals surface area (Å²) >= 11 is 0. The van der Waals surface area contributed by atoms with Gasteiger partial charge < -0.3 is 9.05 Å². The largest absolute Gasteiger partial charge is 0.530 e. The van der Waals surface area contributed by atoms with Gasteiger partial charge in [0, 0.05) is 23.8 Å². The van der Waals surface area contributed by atoms with Crippen LogP contribution in [0.5, 0.6) is 11.5 Å². The summed E-state index contributed by atoms with van der Waals surface area (Å²) in [5.41, 5.74) is 0.798. The van der Waals surface area contributed by atoms with Gasteiger partial charge in [0.2, 0.25) is 0 Å². The third-order valence-electron chi connectivity index (χ3n) is 9.12. The number of ketones is 1. The van der Waals surface area contributed by atoms with Crippen molar-refractivity contribution in [1.29, 1.82) is 0 Å². The first-order valence-corrected chi connectivity index (χ1v) is 19.0. The van der Waals surface area contributed by atoms with Crippen molar-refractivity contribution in [3.8, 4) is 11.5 Å². The zero-order valence-electron chi connectivity index (χ0n) is 27.7. The van der Waals surface area contributed by atoms with Crippen molar-refractivity contribution in [2.75, 3.05) is 26.4 Å². The molecule has 0 saturated heterocycles. The Morgan fingerprint density at radius 2 is 1.30 bits per heavy atom. The number of benzene rings is 1. The van der Waals surface area contributed by atoms with Crippen LogP contribution in [-0.2, 0) is 37.4 Å². The molecule has 43 heavy (non-hydrogen) atoms. The number of phosphoric ester groups is 2. The highest BCUT2D eigenvalue weighted by atomic mass is 31.2. The molecule has 3 saturated carbocycles. The number of phosphoric acid groups is 2. The highest BCUT2D eigenvalue weighted by Crippen LogP contribution is 2.66. The van der Waals surface area contributed by atoms with Gasteiger partial charge in [0.15, 0.2) is 0 Å². The second-order valence-electron chi connectivity index (χ2n) is 12.8. The molecule has 3 atom stereocenters. The van der Waals surface area contributed by atoms with Crippen molar-refractivity contribution < 1.29 is 41.1 Å². The first kappa shape index (κ1) is 36.3. The zero-order chi connectivity index (χ0) is 32.1. The molecule has 246 valence electrons. The minimum absolute atomic E-state index is 0.000267. The van der Waals surface area contributed by atoms with Crippen LogP contribution in [0.3, 0.4) is 0 Å². The Hall–Kier alpha value is -1.21. The Bertz CT molecular complexity index is 1120. The molecule has 3 aliphatic carbocycles. The van der Waals surface area contributed by atoms with E-state index in [1.165, 1.54) is 0 Å². The minimum atomic E-state index is -4.04. The zero-order valence-corrected chi connectivity index (χ0v) is 29.5. The molecule has 3 fully saturated rings. The highest BCUT2D eigenvalue weighted by Gasteiger charge is 2.60. The van der Waals surface area contributed by atoms with E-state index in [4.69, 9.17) is 27.1 Å². The van der Waals surface area contributed by atoms with Gasteiger partial charge in [-0.2, -0.15) is 0 Å². The molecule has 11 heteroatoms. The van der Waals surface area contributed by atoms with Crippen LogP contribution in [0.1, 0.15) is 124 Å². The van der Waals surface area contributed by atoms with Crippen LogP contribution in [0.4, 0.5) is 0 Å². The number of hydrogen-bond donors (Lipinski definition) is 0. The summed E-state index contributed by atoms with van der Waals surface area (Å²) < 4.78 is 62.3. The van der Waals surface area contributed by atoms with Gasteiger partial charge in [0.25, 0.3) is 0 Å². The van der Waals surface area contributed by atoms with E-state index in [-0.39, 0.29) is 78.7 Å². The number of hydrogen-bond acceptors (Lipinski definition) is 9. The summed E-state index contributed by atoms with van der Waals surface area (Å²) in [6.45, 7) is 18.0. The first-order chi connectivity index (χ1) is 20.2. The van der Waals surface area contributed by atoms with Crippen LogP contribution >= 0.6 is 15.6 Å². The lowest BCUT2D eigenvalue weighted by Crippen LogP contribution is -2.56. The molecule has 2 bridgehead atoms. The number of rotatable bonds is 19. The van der Waals surface area contributed by atoms with E-state index in [9.17, 15) is 13.9 Å².